The number of thioether (sulfide) groups is 1. The molecule has 3 aromatic carbocycles. The molecule has 1 unspecified atom stereocenters. The molecule has 0 spiro atoms. The lowest BCUT2D eigenvalue weighted by molar-refractivity contribution is -0.137. The van der Waals surface area contributed by atoms with Crippen LogP contribution < -0.4 is 0 Å². The van der Waals surface area contributed by atoms with Gasteiger partial charge in [-0.25, -0.2) is 4.98 Å². The Morgan fingerprint density at radius 2 is 1.80 bits per heavy atom. The Morgan fingerprint density at radius 1 is 1.02 bits per heavy atom. The molecular formula is C34H36ClNO3S. The highest BCUT2D eigenvalue weighted by Gasteiger charge is 2.21. The summed E-state index contributed by atoms with van der Waals surface area (Å²) >= 11 is 7.96. The zero-order chi connectivity index (χ0) is 28.7. The molecule has 1 aromatic heterocycles. The minimum atomic E-state index is -0.915. The van der Waals surface area contributed by atoms with E-state index in [0.29, 0.717) is 5.02 Å². The van der Waals surface area contributed by atoms with Gasteiger partial charge < -0.3 is 10.2 Å². The summed E-state index contributed by atoms with van der Waals surface area (Å²) < 4.78 is 0. The lowest BCUT2D eigenvalue weighted by Gasteiger charge is -2.24. The lowest BCUT2D eigenvalue weighted by atomic mass is 9.90. The molecule has 0 bridgehead atoms. The largest absolute Gasteiger partial charge is 0.481 e. The SMILES string of the molecule is CC(CS[C@H](CCc1ccccc1C(C)(C)O)c1cccc(C=Cc2ccc3ccc(Cl)cc3n2)c1)CC(=O)O. The van der Waals surface area contributed by atoms with E-state index in [2.05, 4.69) is 36.4 Å². The first-order chi connectivity index (χ1) is 19.1. The van der Waals surface area contributed by atoms with Crippen LogP contribution in [0.5, 0.6) is 0 Å². The minimum Gasteiger partial charge on any atom is -0.481 e. The molecule has 0 aliphatic rings. The number of carboxylic acid groups (broad SMARTS) is 1. The van der Waals surface area contributed by atoms with E-state index in [-0.39, 0.29) is 17.6 Å². The number of nitrogens with zero attached hydrogens (tertiary/aromatic N) is 1. The molecule has 2 atom stereocenters. The van der Waals surface area contributed by atoms with Crippen molar-refractivity contribution in [2.45, 2.75) is 50.9 Å². The number of benzene rings is 3. The Morgan fingerprint density at radius 3 is 2.58 bits per heavy atom. The summed E-state index contributed by atoms with van der Waals surface area (Å²) in [6.45, 7) is 5.63. The fourth-order valence-corrected chi connectivity index (χ4v) is 6.32. The van der Waals surface area contributed by atoms with Crippen molar-refractivity contribution >= 4 is 52.4 Å². The number of aliphatic carboxylic acids is 1. The molecule has 208 valence electrons. The summed E-state index contributed by atoms with van der Waals surface area (Å²) in [7, 11) is 0. The molecule has 4 rings (SSSR count). The Balaban J connectivity index is 1.56. The van der Waals surface area contributed by atoms with Gasteiger partial charge >= 0.3 is 5.97 Å². The molecule has 40 heavy (non-hydrogen) atoms. The van der Waals surface area contributed by atoms with E-state index in [1.165, 1.54) is 5.56 Å². The van der Waals surface area contributed by atoms with Crippen molar-refractivity contribution in [3.63, 3.8) is 0 Å². The van der Waals surface area contributed by atoms with Crippen LogP contribution in [0.2, 0.25) is 5.02 Å². The summed E-state index contributed by atoms with van der Waals surface area (Å²) in [5, 5.41) is 21.8. The fourth-order valence-electron chi connectivity index (χ4n) is 4.85. The van der Waals surface area contributed by atoms with Gasteiger partial charge in [-0.3, -0.25) is 4.79 Å². The number of pyridine rings is 1. The highest BCUT2D eigenvalue weighted by Crippen LogP contribution is 2.37. The second-order valence-electron chi connectivity index (χ2n) is 10.9. The summed E-state index contributed by atoms with van der Waals surface area (Å²) in [4.78, 5) is 16.0. The van der Waals surface area contributed by atoms with Gasteiger partial charge in [0.2, 0.25) is 0 Å². The lowest BCUT2D eigenvalue weighted by Crippen LogP contribution is -2.18. The first-order valence-corrected chi connectivity index (χ1v) is 15.0. The number of carboxylic acids is 1. The zero-order valence-corrected chi connectivity index (χ0v) is 24.8. The molecule has 2 N–H and O–H groups in total. The third-order valence-corrected chi connectivity index (χ3v) is 8.77. The molecule has 0 aliphatic heterocycles. The Kier molecular flexibility index (Phi) is 10.1. The highest BCUT2D eigenvalue weighted by atomic mass is 35.5. The van der Waals surface area contributed by atoms with E-state index in [1.54, 1.807) is 0 Å². The van der Waals surface area contributed by atoms with E-state index < -0.39 is 11.6 Å². The number of fused-ring (bicyclic) bond motifs is 1. The smallest absolute Gasteiger partial charge is 0.303 e. The van der Waals surface area contributed by atoms with Gasteiger partial charge in [0, 0.05) is 22.1 Å². The number of hydrogen-bond acceptors (Lipinski definition) is 4. The molecule has 0 aliphatic carbocycles. The summed E-state index contributed by atoms with van der Waals surface area (Å²) in [6, 6.07) is 26.3. The molecule has 6 heteroatoms. The summed E-state index contributed by atoms with van der Waals surface area (Å²) in [6.07, 6.45) is 5.93. The molecule has 1 heterocycles. The molecule has 4 aromatic rings. The van der Waals surface area contributed by atoms with E-state index in [0.717, 1.165) is 51.9 Å². The standard InChI is InChI=1S/C34H36ClNO3S/c1-23(19-33(37)38)22-40-32(18-14-25-8-4-5-10-30(25)34(2,3)39)27-9-6-7-24(20-27)11-16-29-17-13-26-12-15-28(35)21-31(26)36-29/h4-13,15-17,20-21,23,32,39H,14,18-19,22H2,1-3H3,(H,37,38)/t23?,32-/m1/s1. The average molecular weight is 574 g/mol. The van der Waals surface area contributed by atoms with Crippen molar-refractivity contribution in [2.24, 2.45) is 5.92 Å². The Bertz CT molecular complexity index is 1490. The van der Waals surface area contributed by atoms with Crippen LogP contribution in [-0.2, 0) is 16.8 Å². The summed E-state index contributed by atoms with van der Waals surface area (Å²) in [5.74, 6) is 0.0676. The molecule has 0 amide bonds. The first-order valence-electron chi connectivity index (χ1n) is 13.6. The number of carbonyl (C=O) groups is 1. The first kappa shape index (κ1) is 29.9. The van der Waals surface area contributed by atoms with Crippen LogP contribution in [0.25, 0.3) is 23.1 Å². The number of halogens is 1. The number of aliphatic hydroxyl groups is 1. The molecule has 0 radical (unpaired) electrons. The van der Waals surface area contributed by atoms with Crippen LogP contribution >= 0.6 is 23.4 Å². The number of aromatic nitrogens is 1. The quantitative estimate of drug-likeness (QED) is 0.177. The molecule has 0 saturated carbocycles. The zero-order valence-electron chi connectivity index (χ0n) is 23.2. The van der Waals surface area contributed by atoms with Gasteiger partial charge in [-0.15, -0.1) is 0 Å². The van der Waals surface area contributed by atoms with Gasteiger partial charge in [0.1, 0.15) is 0 Å². The van der Waals surface area contributed by atoms with Crippen LogP contribution in [0.4, 0.5) is 0 Å². The van der Waals surface area contributed by atoms with Crippen LogP contribution in [0, 0.1) is 5.92 Å². The Labute approximate surface area is 246 Å². The van der Waals surface area contributed by atoms with E-state index >= 15 is 0 Å². The van der Waals surface area contributed by atoms with Crippen molar-refractivity contribution < 1.29 is 15.0 Å². The third kappa shape index (κ3) is 8.44. The van der Waals surface area contributed by atoms with Crippen molar-refractivity contribution in [3.05, 3.63) is 112 Å². The van der Waals surface area contributed by atoms with Crippen molar-refractivity contribution in [2.75, 3.05) is 5.75 Å². The third-order valence-electron chi connectivity index (χ3n) is 6.86. The Hall–Kier alpha value is -3.12. The average Bonchev–Trinajstić information content (AvgIpc) is 2.91. The maximum atomic E-state index is 11.2. The van der Waals surface area contributed by atoms with E-state index in [4.69, 9.17) is 16.6 Å². The minimum absolute atomic E-state index is 0.0734. The van der Waals surface area contributed by atoms with Crippen molar-refractivity contribution in [3.8, 4) is 0 Å². The van der Waals surface area contributed by atoms with E-state index in [9.17, 15) is 15.0 Å². The normalized spacial score (nSPS) is 13.5. The predicted molar refractivity (Wildman–Crippen MR) is 169 cm³/mol. The van der Waals surface area contributed by atoms with Crippen LogP contribution in [-0.4, -0.2) is 26.9 Å². The molecule has 4 nitrogen and oxygen atoms in total. The number of rotatable bonds is 12. The fraction of sp³-hybridized carbons (Fsp3) is 0.294. The maximum absolute atomic E-state index is 11.2. The van der Waals surface area contributed by atoms with Gasteiger partial charge in [-0.2, -0.15) is 11.8 Å². The van der Waals surface area contributed by atoms with E-state index in [1.807, 2.05) is 87.1 Å². The second kappa shape index (κ2) is 13.5. The van der Waals surface area contributed by atoms with Crippen LogP contribution in [0.3, 0.4) is 0 Å². The summed E-state index contributed by atoms with van der Waals surface area (Å²) in [5.41, 5.74) is 5.16. The van der Waals surface area contributed by atoms with Gasteiger partial charge in [0.25, 0.3) is 0 Å². The van der Waals surface area contributed by atoms with Gasteiger partial charge in [-0.05, 0) is 84.9 Å². The monoisotopic (exact) mass is 573 g/mol. The molecular weight excluding hydrogens is 538 g/mol. The molecule has 0 saturated heterocycles. The van der Waals surface area contributed by atoms with Crippen molar-refractivity contribution in [1.82, 2.24) is 4.98 Å². The highest BCUT2D eigenvalue weighted by molar-refractivity contribution is 7.99. The molecule has 0 fully saturated rings. The predicted octanol–water partition coefficient (Wildman–Crippen LogP) is 8.80. The van der Waals surface area contributed by atoms with Gasteiger partial charge in [0.05, 0.1) is 16.8 Å². The maximum Gasteiger partial charge on any atom is 0.303 e. The number of aryl methyl sites for hydroxylation is 1. The number of hydrogen-bond donors (Lipinski definition) is 2. The van der Waals surface area contributed by atoms with Crippen LogP contribution in [0.1, 0.15) is 66.8 Å². The van der Waals surface area contributed by atoms with Gasteiger partial charge in [0.15, 0.2) is 0 Å². The van der Waals surface area contributed by atoms with Gasteiger partial charge in [-0.1, -0.05) is 85.3 Å². The van der Waals surface area contributed by atoms with Crippen LogP contribution in [0.15, 0.2) is 78.9 Å². The topological polar surface area (TPSA) is 70.4 Å². The van der Waals surface area contributed by atoms with Crippen molar-refractivity contribution in [1.29, 1.82) is 0 Å². The second-order valence-corrected chi connectivity index (χ2v) is 12.5.